The molecule has 0 radical (unpaired) electrons. The number of rotatable bonds is 2. The van der Waals surface area contributed by atoms with E-state index in [0.29, 0.717) is 11.3 Å². The van der Waals surface area contributed by atoms with Crippen molar-refractivity contribution < 1.29 is 14.3 Å². The summed E-state index contributed by atoms with van der Waals surface area (Å²) < 4.78 is 4.84. The van der Waals surface area contributed by atoms with Gasteiger partial charge in [0.05, 0.1) is 6.61 Å². The van der Waals surface area contributed by atoms with Gasteiger partial charge in [-0.2, -0.15) is 0 Å². The van der Waals surface area contributed by atoms with Crippen LogP contribution in [0.1, 0.15) is 22.8 Å². The lowest BCUT2D eigenvalue weighted by Gasteiger charge is -2.07. The molecule has 0 saturated carbocycles. The third-order valence-corrected chi connectivity index (χ3v) is 2.52. The van der Waals surface area contributed by atoms with Crippen molar-refractivity contribution in [3.63, 3.8) is 0 Å². The van der Waals surface area contributed by atoms with Gasteiger partial charge in [-0.1, -0.05) is 11.6 Å². The number of nitrogens with one attached hydrogen (secondary N) is 1. The van der Waals surface area contributed by atoms with Crippen molar-refractivity contribution in [3.05, 3.63) is 29.3 Å². The summed E-state index contributed by atoms with van der Waals surface area (Å²) in [4.78, 5) is 23.4. The highest BCUT2D eigenvalue weighted by Crippen LogP contribution is 2.27. The van der Waals surface area contributed by atoms with Crippen LogP contribution in [-0.2, 0) is 9.53 Å². The van der Waals surface area contributed by atoms with E-state index in [0.717, 1.165) is 5.56 Å². The Balaban J connectivity index is 2.27. The van der Waals surface area contributed by atoms with Crippen LogP contribution in [0.2, 0.25) is 0 Å². The Morgan fingerprint density at radius 1 is 1.50 bits per heavy atom. The van der Waals surface area contributed by atoms with E-state index in [1.165, 1.54) is 0 Å². The summed E-state index contributed by atoms with van der Waals surface area (Å²) >= 11 is 0. The Morgan fingerprint density at radius 3 is 2.94 bits per heavy atom. The largest absolute Gasteiger partial charge is 0.464 e. The number of Topliss-reactive ketones (excluding diaryl/α,β-unsaturated/α-hetero) is 1. The average molecular weight is 219 g/mol. The summed E-state index contributed by atoms with van der Waals surface area (Å²) in [6.45, 7) is 3.90. The van der Waals surface area contributed by atoms with E-state index in [-0.39, 0.29) is 12.4 Å². The van der Waals surface area contributed by atoms with Crippen LogP contribution in [0.3, 0.4) is 0 Å². The molecule has 0 saturated heterocycles. The molecule has 84 valence electrons. The summed E-state index contributed by atoms with van der Waals surface area (Å²) in [5.41, 5.74) is 2.27. The average Bonchev–Trinajstić information content (AvgIpc) is 2.57. The van der Waals surface area contributed by atoms with Crippen LogP contribution in [0.25, 0.3) is 0 Å². The Kier molecular flexibility index (Phi) is 2.64. The number of esters is 1. The van der Waals surface area contributed by atoms with E-state index in [1.54, 1.807) is 13.0 Å². The van der Waals surface area contributed by atoms with Crippen molar-refractivity contribution in [1.82, 2.24) is 0 Å². The molecule has 1 heterocycles. The lowest BCUT2D eigenvalue weighted by atomic mass is 10.1. The molecule has 1 aromatic carbocycles. The molecule has 1 aliphatic heterocycles. The molecule has 4 heteroatoms. The van der Waals surface area contributed by atoms with Gasteiger partial charge in [0.15, 0.2) is 11.8 Å². The molecular weight excluding hydrogens is 206 g/mol. The molecule has 0 fully saturated rings. The fourth-order valence-corrected chi connectivity index (χ4v) is 1.76. The Hall–Kier alpha value is -1.84. The van der Waals surface area contributed by atoms with Gasteiger partial charge >= 0.3 is 5.97 Å². The molecule has 1 aliphatic rings. The van der Waals surface area contributed by atoms with E-state index in [2.05, 4.69) is 5.32 Å². The van der Waals surface area contributed by atoms with E-state index >= 15 is 0 Å². The Morgan fingerprint density at radius 2 is 2.25 bits per heavy atom. The smallest absolute Gasteiger partial charge is 0.336 e. The predicted octanol–water partition coefficient (Wildman–Crippen LogP) is 1.53. The third kappa shape index (κ3) is 1.66. The van der Waals surface area contributed by atoms with Crippen LogP contribution in [0.15, 0.2) is 18.2 Å². The molecule has 16 heavy (non-hydrogen) atoms. The molecule has 4 nitrogen and oxygen atoms in total. The fourth-order valence-electron chi connectivity index (χ4n) is 1.76. The van der Waals surface area contributed by atoms with E-state index in [4.69, 9.17) is 4.74 Å². The molecule has 1 N–H and O–H groups in total. The zero-order chi connectivity index (χ0) is 11.7. The summed E-state index contributed by atoms with van der Waals surface area (Å²) in [6.07, 6.45) is 0. The Labute approximate surface area is 93.6 Å². The van der Waals surface area contributed by atoms with Gasteiger partial charge in [-0.3, -0.25) is 4.79 Å². The van der Waals surface area contributed by atoms with E-state index in [9.17, 15) is 9.59 Å². The van der Waals surface area contributed by atoms with Gasteiger partial charge in [0.25, 0.3) is 0 Å². The number of carbonyl (C=O) groups is 2. The maximum Gasteiger partial charge on any atom is 0.336 e. The first-order chi connectivity index (χ1) is 7.63. The summed E-state index contributed by atoms with van der Waals surface area (Å²) in [6, 6.07) is 4.61. The quantitative estimate of drug-likeness (QED) is 0.605. The normalized spacial score (nSPS) is 17.9. The molecule has 2 rings (SSSR count). The van der Waals surface area contributed by atoms with Crippen LogP contribution in [-0.4, -0.2) is 24.4 Å². The van der Waals surface area contributed by atoms with Crippen LogP contribution in [0, 0.1) is 6.92 Å². The molecule has 0 aliphatic carbocycles. The zero-order valence-corrected chi connectivity index (χ0v) is 9.24. The molecule has 1 atom stereocenters. The van der Waals surface area contributed by atoms with Gasteiger partial charge in [-0.25, -0.2) is 4.79 Å². The Bertz CT molecular complexity index is 454. The van der Waals surface area contributed by atoms with Gasteiger partial charge in [0.2, 0.25) is 0 Å². The van der Waals surface area contributed by atoms with Crippen molar-refractivity contribution in [2.24, 2.45) is 0 Å². The maximum atomic E-state index is 11.9. The number of anilines is 1. The fraction of sp³-hybridized carbons (Fsp3) is 0.333. The highest BCUT2D eigenvalue weighted by Gasteiger charge is 2.36. The van der Waals surface area contributed by atoms with Crippen molar-refractivity contribution in [2.45, 2.75) is 19.9 Å². The van der Waals surface area contributed by atoms with E-state index in [1.807, 2.05) is 19.1 Å². The lowest BCUT2D eigenvalue weighted by Crippen LogP contribution is -2.33. The third-order valence-electron chi connectivity index (χ3n) is 2.52. The second-order valence-corrected chi connectivity index (χ2v) is 3.74. The SMILES string of the molecule is CCOC(=O)C1Nc2ccc(C)cc2C1=O. The van der Waals surface area contributed by atoms with Crippen molar-refractivity contribution in [1.29, 1.82) is 0 Å². The predicted molar refractivity (Wildman–Crippen MR) is 59.6 cm³/mol. The number of carbonyl (C=O) groups excluding carboxylic acids is 2. The highest BCUT2D eigenvalue weighted by molar-refractivity contribution is 6.20. The van der Waals surface area contributed by atoms with Crippen molar-refractivity contribution in [2.75, 3.05) is 11.9 Å². The molecule has 1 unspecified atom stereocenters. The van der Waals surface area contributed by atoms with Crippen molar-refractivity contribution >= 4 is 17.4 Å². The summed E-state index contributed by atoms with van der Waals surface area (Å²) in [7, 11) is 0. The van der Waals surface area contributed by atoms with Crippen LogP contribution in [0.4, 0.5) is 5.69 Å². The molecule has 1 aromatic rings. The van der Waals surface area contributed by atoms with E-state index < -0.39 is 12.0 Å². The van der Waals surface area contributed by atoms with Crippen LogP contribution < -0.4 is 5.32 Å². The number of ketones is 1. The first-order valence-electron chi connectivity index (χ1n) is 5.21. The highest BCUT2D eigenvalue weighted by atomic mass is 16.5. The molecule has 0 amide bonds. The number of hydrogen-bond donors (Lipinski definition) is 1. The molecule has 0 bridgehead atoms. The van der Waals surface area contributed by atoms with Crippen LogP contribution in [0.5, 0.6) is 0 Å². The molecular formula is C12H13NO3. The second kappa shape index (κ2) is 3.96. The number of benzene rings is 1. The monoisotopic (exact) mass is 219 g/mol. The first kappa shape index (κ1) is 10.7. The summed E-state index contributed by atoms with van der Waals surface area (Å²) in [5, 5.41) is 2.87. The number of ether oxygens (including phenoxy) is 1. The van der Waals surface area contributed by atoms with Crippen LogP contribution >= 0.6 is 0 Å². The second-order valence-electron chi connectivity index (χ2n) is 3.74. The van der Waals surface area contributed by atoms with Gasteiger partial charge in [0, 0.05) is 11.3 Å². The van der Waals surface area contributed by atoms with Gasteiger partial charge in [0.1, 0.15) is 0 Å². The molecule has 0 spiro atoms. The minimum Gasteiger partial charge on any atom is -0.464 e. The molecule has 0 aromatic heterocycles. The number of aryl methyl sites for hydroxylation is 1. The zero-order valence-electron chi connectivity index (χ0n) is 9.24. The van der Waals surface area contributed by atoms with Gasteiger partial charge in [-0.15, -0.1) is 0 Å². The topological polar surface area (TPSA) is 55.4 Å². The summed E-state index contributed by atoms with van der Waals surface area (Å²) in [5.74, 6) is -0.724. The standard InChI is InChI=1S/C12H13NO3/c1-3-16-12(15)10-11(14)8-6-7(2)4-5-9(8)13-10/h4-6,10,13H,3H2,1-2H3. The number of fused-ring (bicyclic) bond motifs is 1. The van der Waals surface area contributed by atoms with Gasteiger partial charge < -0.3 is 10.1 Å². The van der Waals surface area contributed by atoms with Crippen molar-refractivity contribution in [3.8, 4) is 0 Å². The first-order valence-corrected chi connectivity index (χ1v) is 5.21. The minimum atomic E-state index is -0.878. The minimum absolute atomic E-state index is 0.211. The van der Waals surface area contributed by atoms with Gasteiger partial charge in [-0.05, 0) is 26.0 Å². The number of hydrogen-bond acceptors (Lipinski definition) is 4. The maximum absolute atomic E-state index is 11.9. The lowest BCUT2D eigenvalue weighted by molar-refractivity contribution is -0.142.